The predicted molar refractivity (Wildman–Crippen MR) is 127 cm³/mol. The number of halogens is 1. The van der Waals surface area contributed by atoms with E-state index in [4.69, 9.17) is 5.73 Å². The number of pyridine rings is 1. The van der Waals surface area contributed by atoms with Crippen molar-refractivity contribution in [2.75, 3.05) is 5.73 Å². The maximum atomic E-state index is 12.1. The quantitative estimate of drug-likeness (QED) is 0.328. The fraction of sp³-hybridized carbons (Fsp3) is 0.0417. The molecule has 2 aromatic heterocycles. The highest BCUT2D eigenvalue weighted by atomic mass is 32.1. The lowest BCUT2D eigenvalue weighted by molar-refractivity contribution is 0.626. The zero-order chi connectivity index (χ0) is 21.1. The number of anilines is 1. The van der Waals surface area contributed by atoms with Crippen molar-refractivity contribution in [1.29, 1.82) is 0 Å². The summed E-state index contributed by atoms with van der Waals surface area (Å²) < 4.78 is 12.1. The lowest BCUT2D eigenvalue weighted by Gasteiger charge is -2.02. The van der Waals surface area contributed by atoms with Crippen molar-refractivity contribution in [2.24, 2.45) is 0 Å². The number of nitrogen functional groups attached to an aromatic ring is 1. The number of benzene rings is 2. The number of rotatable bonds is 2. The van der Waals surface area contributed by atoms with Crippen LogP contribution >= 0.6 is 24.0 Å². The highest BCUT2D eigenvalue weighted by Gasteiger charge is 2.15. The largest absolute Gasteiger partial charge is 0.397 e. The van der Waals surface area contributed by atoms with Crippen LogP contribution in [-0.2, 0) is 6.54 Å². The van der Waals surface area contributed by atoms with Crippen LogP contribution in [0.2, 0.25) is 0 Å². The first-order valence-corrected chi connectivity index (χ1v) is 10.6. The molecule has 0 atom stereocenters. The van der Waals surface area contributed by atoms with Gasteiger partial charge in [0.05, 0.1) is 5.69 Å². The van der Waals surface area contributed by atoms with E-state index in [9.17, 15) is 4.39 Å². The molecule has 0 spiro atoms. The second-order valence-electron chi connectivity index (χ2n) is 6.85. The maximum absolute atomic E-state index is 12.1. The van der Waals surface area contributed by atoms with E-state index in [2.05, 4.69) is 59.8 Å². The molecular weight excluding hydrogens is 413 g/mol. The van der Waals surface area contributed by atoms with Crippen molar-refractivity contribution in [3.05, 3.63) is 96.6 Å². The topological polar surface area (TPSA) is 50.9 Å². The second-order valence-corrected chi connectivity index (χ2v) is 8.45. The van der Waals surface area contributed by atoms with Gasteiger partial charge in [-0.3, -0.25) is 4.98 Å². The third-order valence-electron chi connectivity index (χ3n) is 4.68. The van der Waals surface area contributed by atoms with Gasteiger partial charge in [-0.25, -0.2) is 4.39 Å². The lowest BCUT2D eigenvalue weighted by atomic mass is 10.0. The van der Waals surface area contributed by atoms with Crippen molar-refractivity contribution < 1.29 is 4.39 Å². The fourth-order valence-corrected chi connectivity index (χ4v) is 4.30. The Bertz CT molecular complexity index is 1180. The van der Waals surface area contributed by atoms with Crippen molar-refractivity contribution in [3.63, 3.8) is 0 Å². The average molecular weight is 434 g/mol. The smallest absolute Gasteiger partial charge is 0.123 e. The minimum absolute atomic E-state index is 0.220. The van der Waals surface area contributed by atoms with Crippen molar-refractivity contribution in [1.82, 2.24) is 10.3 Å². The number of hydrogen-bond acceptors (Lipinski definition) is 5. The first-order chi connectivity index (χ1) is 14.5. The SMILES string of the molecule is C=C1NCc2cc(-c3ccc(-c4cncc(N)c4)s3)ccc21.Fc1ccc(S)cc1. The third-order valence-corrected chi connectivity index (χ3v) is 6.17. The average Bonchev–Trinajstić information content (AvgIpc) is 3.38. The van der Waals surface area contributed by atoms with Crippen LogP contribution in [0.5, 0.6) is 0 Å². The van der Waals surface area contributed by atoms with E-state index in [1.807, 2.05) is 12.3 Å². The van der Waals surface area contributed by atoms with Crippen LogP contribution < -0.4 is 11.1 Å². The van der Waals surface area contributed by atoms with Crippen molar-refractivity contribution in [3.8, 4) is 20.9 Å². The first kappa shape index (κ1) is 20.2. The van der Waals surface area contributed by atoms with Crippen molar-refractivity contribution >= 4 is 35.4 Å². The standard InChI is InChI=1S/C18H15N3S.C6H5FS/c1-11-16-3-2-12(6-13(16)9-21-11)17-4-5-18(22-17)14-7-15(19)10-20-8-14;7-5-1-3-6(8)4-2-5/h2-8,10,21H,1,9,19H2;1-4,8H. The summed E-state index contributed by atoms with van der Waals surface area (Å²) in [4.78, 5) is 7.37. The summed E-state index contributed by atoms with van der Waals surface area (Å²) in [5, 5.41) is 3.29. The minimum atomic E-state index is -0.220. The number of nitrogens with one attached hydrogen (secondary N) is 1. The molecule has 1 aliphatic rings. The molecular formula is C24H20FN3S2. The number of nitrogens with two attached hydrogens (primary N) is 1. The number of hydrogen-bond donors (Lipinski definition) is 3. The maximum Gasteiger partial charge on any atom is 0.123 e. The van der Waals surface area contributed by atoms with E-state index in [0.717, 1.165) is 22.7 Å². The Labute approximate surface area is 184 Å². The van der Waals surface area contributed by atoms with E-state index >= 15 is 0 Å². The summed E-state index contributed by atoms with van der Waals surface area (Å²) in [7, 11) is 0. The Balaban J connectivity index is 0.000000230. The van der Waals surface area contributed by atoms with Crippen LogP contribution in [0, 0.1) is 5.82 Å². The van der Waals surface area contributed by atoms with Crippen LogP contribution in [0.3, 0.4) is 0 Å². The Morgan fingerprint density at radius 1 is 0.967 bits per heavy atom. The van der Waals surface area contributed by atoms with Gasteiger partial charge in [0.15, 0.2) is 0 Å². The number of nitrogens with zero attached hydrogens (tertiary/aromatic N) is 1. The molecule has 5 rings (SSSR count). The summed E-state index contributed by atoms with van der Waals surface area (Å²) in [5.41, 5.74) is 12.4. The fourth-order valence-electron chi connectivity index (χ4n) is 3.17. The molecule has 0 amide bonds. The molecule has 0 fully saturated rings. The molecule has 150 valence electrons. The van der Waals surface area contributed by atoms with Crippen LogP contribution in [0.1, 0.15) is 11.1 Å². The molecule has 0 aliphatic carbocycles. The van der Waals surface area contributed by atoms with E-state index in [0.29, 0.717) is 5.69 Å². The Morgan fingerprint density at radius 3 is 2.40 bits per heavy atom. The molecule has 6 heteroatoms. The summed E-state index contributed by atoms with van der Waals surface area (Å²) in [6.45, 7) is 4.88. The molecule has 3 heterocycles. The lowest BCUT2D eigenvalue weighted by Crippen LogP contribution is -1.98. The summed E-state index contributed by atoms with van der Waals surface area (Å²) >= 11 is 5.72. The van der Waals surface area contributed by atoms with Crippen molar-refractivity contribution in [2.45, 2.75) is 11.4 Å². The van der Waals surface area contributed by atoms with Gasteiger partial charge in [-0.2, -0.15) is 0 Å². The number of aromatic nitrogens is 1. The highest BCUT2D eigenvalue weighted by molar-refractivity contribution is 7.80. The molecule has 30 heavy (non-hydrogen) atoms. The molecule has 0 unspecified atom stereocenters. The van der Waals surface area contributed by atoms with Gasteiger partial charge in [-0.15, -0.1) is 24.0 Å². The van der Waals surface area contributed by atoms with Crippen LogP contribution in [0.15, 0.2) is 84.5 Å². The van der Waals surface area contributed by atoms with E-state index in [-0.39, 0.29) is 5.82 Å². The van der Waals surface area contributed by atoms with Gasteiger partial charge in [-0.05, 0) is 59.7 Å². The third kappa shape index (κ3) is 4.56. The van der Waals surface area contributed by atoms with Crippen LogP contribution in [0.4, 0.5) is 10.1 Å². The Morgan fingerprint density at radius 2 is 1.70 bits per heavy atom. The van der Waals surface area contributed by atoms with Crippen LogP contribution in [0.25, 0.3) is 26.6 Å². The van der Waals surface area contributed by atoms with E-state index in [1.54, 1.807) is 29.7 Å². The molecule has 3 N–H and O–H groups in total. The monoisotopic (exact) mass is 433 g/mol. The number of fused-ring (bicyclic) bond motifs is 1. The molecule has 0 saturated carbocycles. The van der Waals surface area contributed by atoms with Crippen LogP contribution in [-0.4, -0.2) is 4.98 Å². The number of thiol groups is 1. The molecule has 3 nitrogen and oxygen atoms in total. The normalized spacial score (nSPS) is 12.0. The molecule has 4 aromatic rings. The van der Waals surface area contributed by atoms with Gasteiger partial charge in [0, 0.05) is 50.4 Å². The van der Waals surface area contributed by atoms with Gasteiger partial charge in [0.1, 0.15) is 5.82 Å². The summed E-state index contributed by atoms with van der Waals surface area (Å²) in [5.74, 6) is -0.220. The first-order valence-electron chi connectivity index (χ1n) is 9.31. The van der Waals surface area contributed by atoms with Gasteiger partial charge >= 0.3 is 0 Å². The van der Waals surface area contributed by atoms with Gasteiger partial charge < -0.3 is 11.1 Å². The minimum Gasteiger partial charge on any atom is -0.397 e. The predicted octanol–water partition coefficient (Wildman–Crippen LogP) is 6.25. The second kappa shape index (κ2) is 8.73. The number of thiophene rings is 1. The van der Waals surface area contributed by atoms with Gasteiger partial charge in [0.25, 0.3) is 0 Å². The Kier molecular flexibility index (Phi) is 5.88. The van der Waals surface area contributed by atoms with E-state index in [1.165, 1.54) is 38.6 Å². The summed E-state index contributed by atoms with van der Waals surface area (Å²) in [6.07, 6.45) is 3.51. The zero-order valence-electron chi connectivity index (χ0n) is 16.1. The molecule has 0 bridgehead atoms. The zero-order valence-corrected chi connectivity index (χ0v) is 17.8. The molecule has 2 aromatic carbocycles. The van der Waals surface area contributed by atoms with Gasteiger partial charge in [0.2, 0.25) is 0 Å². The molecule has 1 aliphatic heterocycles. The van der Waals surface area contributed by atoms with Gasteiger partial charge in [-0.1, -0.05) is 18.7 Å². The van der Waals surface area contributed by atoms with E-state index < -0.39 is 0 Å². The Hall–Kier alpha value is -3.09. The highest BCUT2D eigenvalue weighted by Crippen LogP contribution is 2.36. The summed E-state index contributed by atoms with van der Waals surface area (Å²) in [6, 6.07) is 18.8. The molecule has 0 radical (unpaired) electrons. The molecule has 0 saturated heterocycles.